The zero-order valence-corrected chi connectivity index (χ0v) is 11.3. The van der Waals surface area contributed by atoms with Gasteiger partial charge in [-0.3, -0.25) is 9.59 Å². The molecule has 1 aromatic carbocycles. The molecule has 0 unspecified atom stereocenters. The number of rotatable bonds is 9. The SMILES string of the molecule is O=C(CNC(=O)c1ccccc1)NCCCOCCO. The van der Waals surface area contributed by atoms with E-state index in [1.807, 2.05) is 6.07 Å². The van der Waals surface area contributed by atoms with Crippen LogP contribution in [-0.2, 0) is 9.53 Å². The van der Waals surface area contributed by atoms with Gasteiger partial charge in [0.2, 0.25) is 5.91 Å². The lowest BCUT2D eigenvalue weighted by Crippen LogP contribution is -2.37. The van der Waals surface area contributed by atoms with Crippen LogP contribution in [0, 0.1) is 0 Å². The molecule has 2 amide bonds. The smallest absolute Gasteiger partial charge is 0.251 e. The summed E-state index contributed by atoms with van der Waals surface area (Å²) in [4.78, 5) is 23.1. The summed E-state index contributed by atoms with van der Waals surface area (Å²) in [5.74, 6) is -0.511. The van der Waals surface area contributed by atoms with Crippen molar-refractivity contribution >= 4 is 11.8 Å². The van der Waals surface area contributed by atoms with Crippen molar-refractivity contribution in [3.63, 3.8) is 0 Å². The van der Waals surface area contributed by atoms with Gasteiger partial charge < -0.3 is 20.5 Å². The van der Waals surface area contributed by atoms with Gasteiger partial charge in [0.15, 0.2) is 0 Å². The highest BCUT2D eigenvalue weighted by atomic mass is 16.5. The van der Waals surface area contributed by atoms with Gasteiger partial charge in [-0.25, -0.2) is 0 Å². The molecule has 3 N–H and O–H groups in total. The number of hydrogen-bond donors (Lipinski definition) is 3. The fourth-order valence-electron chi connectivity index (χ4n) is 1.48. The van der Waals surface area contributed by atoms with Gasteiger partial charge in [0.1, 0.15) is 0 Å². The van der Waals surface area contributed by atoms with E-state index in [-0.39, 0.29) is 25.0 Å². The van der Waals surface area contributed by atoms with Gasteiger partial charge in [-0.2, -0.15) is 0 Å². The van der Waals surface area contributed by atoms with Crippen LogP contribution in [0.15, 0.2) is 30.3 Å². The van der Waals surface area contributed by atoms with Crippen molar-refractivity contribution < 1.29 is 19.4 Å². The predicted octanol–water partition coefficient (Wildman–Crippen LogP) is -0.0684. The molecule has 0 radical (unpaired) electrons. The molecule has 0 aliphatic heterocycles. The molecule has 6 nitrogen and oxygen atoms in total. The summed E-state index contributed by atoms with van der Waals surface area (Å²) in [5.41, 5.74) is 0.526. The van der Waals surface area contributed by atoms with E-state index in [1.54, 1.807) is 24.3 Å². The number of aliphatic hydroxyl groups is 1. The van der Waals surface area contributed by atoms with Crippen LogP contribution in [0.25, 0.3) is 0 Å². The van der Waals surface area contributed by atoms with Crippen LogP contribution in [0.3, 0.4) is 0 Å². The number of hydrogen-bond acceptors (Lipinski definition) is 4. The van der Waals surface area contributed by atoms with E-state index in [0.29, 0.717) is 31.7 Å². The van der Waals surface area contributed by atoms with Crippen LogP contribution in [0.4, 0.5) is 0 Å². The van der Waals surface area contributed by atoms with Crippen LogP contribution in [0.1, 0.15) is 16.8 Å². The fourth-order valence-corrected chi connectivity index (χ4v) is 1.48. The summed E-state index contributed by atoms with van der Waals surface area (Å²) < 4.78 is 5.05. The average Bonchev–Trinajstić information content (AvgIpc) is 2.49. The second kappa shape index (κ2) is 9.94. The normalized spacial score (nSPS) is 10.1. The molecule has 0 aromatic heterocycles. The Morgan fingerprint density at radius 1 is 1.10 bits per heavy atom. The van der Waals surface area contributed by atoms with Gasteiger partial charge in [-0.15, -0.1) is 0 Å². The van der Waals surface area contributed by atoms with Crippen LogP contribution in [0.2, 0.25) is 0 Å². The minimum atomic E-state index is -0.271. The summed E-state index contributed by atoms with van der Waals surface area (Å²) in [6.07, 6.45) is 0.665. The number of benzene rings is 1. The minimum Gasteiger partial charge on any atom is -0.394 e. The molecule has 0 bridgehead atoms. The quantitative estimate of drug-likeness (QED) is 0.553. The highest BCUT2D eigenvalue weighted by Gasteiger charge is 2.06. The number of aliphatic hydroxyl groups excluding tert-OH is 1. The van der Waals surface area contributed by atoms with Gasteiger partial charge in [0.05, 0.1) is 19.8 Å². The van der Waals surface area contributed by atoms with E-state index < -0.39 is 0 Å². The van der Waals surface area contributed by atoms with Crippen molar-refractivity contribution in [1.82, 2.24) is 10.6 Å². The van der Waals surface area contributed by atoms with Gasteiger partial charge in [0.25, 0.3) is 5.91 Å². The number of carbonyl (C=O) groups excluding carboxylic acids is 2. The van der Waals surface area contributed by atoms with Crippen molar-refractivity contribution in [3.8, 4) is 0 Å². The molecule has 0 saturated carbocycles. The molecule has 0 aliphatic rings. The number of amides is 2. The number of carbonyl (C=O) groups is 2. The average molecular weight is 280 g/mol. The minimum absolute atomic E-state index is 0.00211. The third-order valence-electron chi connectivity index (χ3n) is 2.47. The van der Waals surface area contributed by atoms with Crippen molar-refractivity contribution in [3.05, 3.63) is 35.9 Å². The molecule has 0 spiro atoms. The fraction of sp³-hybridized carbons (Fsp3) is 0.429. The highest BCUT2D eigenvalue weighted by Crippen LogP contribution is 1.97. The first-order chi connectivity index (χ1) is 9.74. The summed E-state index contributed by atoms with van der Waals surface area (Å²) in [6, 6.07) is 8.72. The molecule has 0 fully saturated rings. The Morgan fingerprint density at radius 2 is 1.85 bits per heavy atom. The first-order valence-electron chi connectivity index (χ1n) is 6.52. The lowest BCUT2D eigenvalue weighted by molar-refractivity contribution is -0.120. The Kier molecular flexibility index (Phi) is 8.02. The van der Waals surface area contributed by atoms with Crippen LogP contribution in [0.5, 0.6) is 0 Å². The predicted molar refractivity (Wildman–Crippen MR) is 74.3 cm³/mol. The zero-order valence-electron chi connectivity index (χ0n) is 11.3. The van der Waals surface area contributed by atoms with E-state index in [0.717, 1.165) is 0 Å². The Morgan fingerprint density at radius 3 is 2.55 bits per heavy atom. The molecule has 110 valence electrons. The molecular weight excluding hydrogens is 260 g/mol. The van der Waals surface area contributed by atoms with E-state index in [9.17, 15) is 9.59 Å². The summed E-state index contributed by atoms with van der Waals surface area (Å²) >= 11 is 0. The maximum atomic E-state index is 11.7. The maximum Gasteiger partial charge on any atom is 0.251 e. The lowest BCUT2D eigenvalue weighted by atomic mass is 10.2. The maximum absolute atomic E-state index is 11.7. The first-order valence-corrected chi connectivity index (χ1v) is 6.52. The second-order valence-corrected chi connectivity index (χ2v) is 4.09. The monoisotopic (exact) mass is 280 g/mol. The lowest BCUT2D eigenvalue weighted by Gasteiger charge is -2.07. The Balaban J connectivity index is 2.09. The highest BCUT2D eigenvalue weighted by molar-refractivity contribution is 5.96. The van der Waals surface area contributed by atoms with Gasteiger partial charge >= 0.3 is 0 Å². The summed E-state index contributed by atoms with van der Waals surface area (Å²) in [6.45, 7) is 1.22. The number of ether oxygens (including phenoxy) is 1. The molecule has 1 rings (SSSR count). The molecular formula is C14H20N2O4. The molecule has 0 heterocycles. The Labute approximate surface area is 118 Å². The van der Waals surface area contributed by atoms with Crippen molar-refractivity contribution in [2.24, 2.45) is 0 Å². The Bertz CT molecular complexity index is 409. The molecule has 0 aliphatic carbocycles. The van der Waals surface area contributed by atoms with Gasteiger partial charge in [-0.05, 0) is 18.6 Å². The van der Waals surface area contributed by atoms with Gasteiger partial charge in [-0.1, -0.05) is 18.2 Å². The van der Waals surface area contributed by atoms with Crippen LogP contribution >= 0.6 is 0 Å². The number of nitrogens with one attached hydrogen (secondary N) is 2. The first kappa shape index (κ1) is 16.1. The summed E-state index contributed by atoms with van der Waals surface area (Å²) in [7, 11) is 0. The molecule has 1 aromatic rings. The van der Waals surface area contributed by atoms with Crippen LogP contribution in [-0.4, -0.2) is 49.8 Å². The van der Waals surface area contributed by atoms with E-state index in [1.165, 1.54) is 0 Å². The Hall–Kier alpha value is -1.92. The standard InChI is InChI=1S/C14H20N2O4/c17-8-10-20-9-4-7-15-13(18)11-16-14(19)12-5-2-1-3-6-12/h1-3,5-6,17H,4,7-11H2,(H,15,18)(H,16,19). The molecule has 0 saturated heterocycles. The second-order valence-electron chi connectivity index (χ2n) is 4.09. The third kappa shape index (κ3) is 6.86. The van der Waals surface area contributed by atoms with E-state index in [4.69, 9.17) is 9.84 Å². The molecule has 20 heavy (non-hydrogen) atoms. The van der Waals surface area contributed by atoms with Crippen molar-refractivity contribution in [2.45, 2.75) is 6.42 Å². The van der Waals surface area contributed by atoms with Crippen LogP contribution < -0.4 is 10.6 Å². The zero-order chi connectivity index (χ0) is 14.6. The van der Waals surface area contributed by atoms with Gasteiger partial charge in [0, 0.05) is 18.7 Å². The largest absolute Gasteiger partial charge is 0.394 e. The molecule has 0 atom stereocenters. The van der Waals surface area contributed by atoms with Crippen molar-refractivity contribution in [1.29, 1.82) is 0 Å². The van der Waals surface area contributed by atoms with E-state index >= 15 is 0 Å². The molecule has 6 heteroatoms. The summed E-state index contributed by atoms with van der Waals surface area (Å²) in [5, 5.41) is 13.7. The topological polar surface area (TPSA) is 87.7 Å². The van der Waals surface area contributed by atoms with E-state index in [2.05, 4.69) is 10.6 Å². The third-order valence-corrected chi connectivity index (χ3v) is 2.47. The van der Waals surface area contributed by atoms with Crippen molar-refractivity contribution in [2.75, 3.05) is 32.9 Å².